The van der Waals surface area contributed by atoms with Gasteiger partial charge >= 0.3 is 5.97 Å². The van der Waals surface area contributed by atoms with E-state index in [0.717, 1.165) is 22.8 Å². The standard InChI is InChI=1S/C31H24O5/c1-3-30(26-14-20-28(21-15-26)34-22-7-23-35-31(33)4-2)36-29-18-12-25(13-19-29)9-6-5-8-24-10-16-27(32)17-11-24/h4,10-21,32H,1-2,7,22-23H2. The van der Waals surface area contributed by atoms with Gasteiger partial charge in [0.2, 0.25) is 0 Å². The summed E-state index contributed by atoms with van der Waals surface area (Å²) in [6.45, 7) is 7.77. The Hall–Kier alpha value is -5.09. The summed E-state index contributed by atoms with van der Waals surface area (Å²) in [5.41, 5.74) is 5.20. The summed E-state index contributed by atoms with van der Waals surface area (Å²) < 4.78 is 16.5. The van der Waals surface area contributed by atoms with Crippen LogP contribution in [0.25, 0.3) is 5.76 Å². The van der Waals surface area contributed by atoms with Crippen LogP contribution in [0.15, 0.2) is 97.8 Å². The van der Waals surface area contributed by atoms with Gasteiger partial charge in [0.1, 0.15) is 17.2 Å². The van der Waals surface area contributed by atoms with Crippen molar-refractivity contribution in [2.24, 2.45) is 0 Å². The third-order valence-electron chi connectivity index (χ3n) is 4.66. The van der Waals surface area contributed by atoms with E-state index in [1.54, 1.807) is 24.3 Å². The summed E-state index contributed by atoms with van der Waals surface area (Å²) in [6.07, 6.45) is 1.71. The smallest absolute Gasteiger partial charge is 0.330 e. The maximum absolute atomic E-state index is 11.0. The van der Waals surface area contributed by atoms with E-state index < -0.39 is 5.97 Å². The predicted octanol–water partition coefficient (Wildman–Crippen LogP) is 5.50. The van der Waals surface area contributed by atoms with E-state index >= 15 is 0 Å². The highest BCUT2D eigenvalue weighted by atomic mass is 16.5. The molecular weight excluding hydrogens is 452 g/mol. The van der Waals surface area contributed by atoms with Crippen LogP contribution in [0.4, 0.5) is 0 Å². The number of phenolic OH excluding ortho intramolecular Hbond substituents is 1. The molecule has 5 heteroatoms. The van der Waals surface area contributed by atoms with Gasteiger partial charge in [0.15, 0.2) is 5.76 Å². The van der Waals surface area contributed by atoms with Crippen molar-refractivity contribution >= 4 is 11.7 Å². The van der Waals surface area contributed by atoms with Crippen molar-refractivity contribution in [3.63, 3.8) is 0 Å². The molecule has 0 saturated carbocycles. The number of carbonyl (C=O) groups excluding carboxylic acids is 1. The number of hydrogen-bond donors (Lipinski definition) is 1. The van der Waals surface area contributed by atoms with E-state index in [0.29, 0.717) is 30.3 Å². The molecule has 1 N–H and O–H groups in total. The molecule has 0 aliphatic heterocycles. The molecule has 0 radical (unpaired) electrons. The summed E-state index contributed by atoms with van der Waals surface area (Å²) >= 11 is 0. The lowest BCUT2D eigenvalue weighted by Crippen LogP contribution is -2.06. The van der Waals surface area contributed by atoms with E-state index in [1.807, 2.05) is 48.5 Å². The van der Waals surface area contributed by atoms with Crippen molar-refractivity contribution in [3.05, 3.63) is 114 Å². The van der Waals surface area contributed by atoms with Gasteiger partial charge in [0.05, 0.1) is 13.2 Å². The molecule has 178 valence electrons. The Kier molecular flexibility index (Phi) is 9.63. The number of hydrogen-bond acceptors (Lipinski definition) is 5. The molecule has 0 bridgehead atoms. The van der Waals surface area contributed by atoms with Crippen molar-refractivity contribution in [2.45, 2.75) is 6.42 Å². The second-order valence-electron chi connectivity index (χ2n) is 7.28. The highest BCUT2D eigenvalue weighted by Gasteiger charge is 2.05. The Labute approximate surface area is 211 Å². The van der Waals surface area contributed by atoms with Crippen LogP contribution in [0.5, 0.6) is 17.2 Å². The highest BCUT2D eigenvalue weighted by molar-refractivity contribution is 5.81. The van der Waals surface area contributed by atoms with E-state index in [4.69, 9.17) is 14.2 Å². The summed E-state index contributed by atoms with van der Waals surface area (Å²) in [6, 6.07) is 21.3. The zero-order chi connectivity index (χ0) is 25.6. The molecule has 0 amide bonds. The molecule has 0 atom stereocenters. The summed E-state index contributed by atoms with van der Waals surface area (Å²) in [7, 11) is 0. The molecule has 3 rings (SSSR count). The van der Waals surface area contributed by atoms with Gasteiger partial charge in [-0.3, -0.25) is 0 Å². The molecule has 0 heterocycles. The third kappa shape index (κ3) is 8.36. The van der Waals surface area contributed by atoms with Crippen LogP contribution in [0.2, 0.25) is 0 Å². The van der Waals surface area contributed by atoms with Gasteiger partial charge in [-0.15, -0.1) is 0 Å². The van der Waals surface area contributed by atoms with Crippen LogP contribution in [-0.2, 0) is 9.53 Å². The minimum atomic E-state index is -0.443. The Morgan fingerprint density at radius 1 is 0.833 bits per heavy atom. The maximum atomic E-state index is 11.0. The first-order chi connectivity index (χ1) is 17.6. The quantitative estimate of drug-likeness (QED) is 0.110. The van der Waals surface area contributed by atoms with Crippen LogP contribution in [0.1, 0.15) is 23.1 Å². The van der Waals surface area contributed by atoms with E-state index in [2.05, 4.69) is 42.6 Å². The SMILES string of the molecule is C=C=C(Oc1ccc(C#CC#Cc2ccc(O)cc2)cc1)c1ccc(OCCCOC(=O)C=C)cc1. The Morgan fingerprint density at radius 2 is 1.42 bits per heavy atom. The molecule has 0 unspecified atom stereocenters. The lowest BCUT2D eigenvalue weighted by Gasteiger charge is -2.10. The van der Waals surface area contributed by atoms with E-state index in [1.165, 1.54) is 0 Å². The first-order valence-corrected chi connectivity index (χ1v) is 11.1. The zero-order valence-electron chi connectivity index (χ0n) is 19.6. The minimum absolute atomic E-state index is 0.201. The second-order valence-corrected chi connectivity index (χ2v) is 7.28. The predicted molar refractivity (Wildman–Crippen MR) is 139 cm³/mol. The monoisotopic (exact) mass is 476 g/mol. The zero-order valence-corrected chi connectivity index (χ0v) is 19.6. The average molecular weight is 477 g/mol. The first kappa shape index (κ1) is 25.5. The molecule has 36 heavy (non-hydrogen) atoms. The fourth-order valence-corrected chi connectivity index (χ4v) is 2.86. The van der Waals surface area contributed by atoms with Gasteiger partial charge in [-0.1, -0.05) is 30.7 Å². The van der Waals surface area contributed by atoms with Crippen LogP contribution in [0, 0.1) is 23.7 Å². The number of benzene rings is 3. The molecule has 0 saturated heterocycles. The Balaban J connectivity index is 1.52. The van der Waals surface area contributed by atoms with Gasteiger partial charge in [0, 0.05) is 29.2 Å². The van der Waals surface area contributed by atoms with Gasteiger partial charge in [0.25, 0.3) is 0 Å². The number of phenols is 1. The number of aromatic hydroxyl groups is 1. The summed E-state index contributed by atoms with van der Waals surface area (Å²) in [4.78, 5) is 11.0. The van der Waals surface area contributed by atoms with Crippen molar-refractivity contribution < 1.29 is 24.1 Å². The van der Waals surface area contributed by atoms with Gasteiger partial charge < -0.3 is 19.3 Å². The molecule has 3 aromatic carbocycles. The normalized spacial score (nSPS) is 9.33. The van der Waals surface area contributed by atoms with Crippen molar-refractivity contribution in [1.29, 1.82) is 0 Å². The fraction of sp³-hybridized carbons (Fsp3) is 0.0968. The lowest BCUT2D eigenvalue weighted by molar-refractivity contribution is -0.137. The van der Waals surface area contributed by atoms with Gasteiger partial charge in [-0.2, -0.15) is 0 Å². The third-order valence-corrected chi connectivity index (χ3v) is 4.66. The molecule has 0 aliphatic carbocycles. The Bertz CT molecular complexity index is 1350. The Morgan fingerprint density at radius 3 is 2.00 bits per heavy atom. The summed E-state index contributed by atoms with van der Waals surface area (Å²) in [5.74, 6) is 13.1. The number of carbonyl (C=O) groups is 1. The lowest BCUT2D eigenvalue weighted by atomic mass is 10.2. The van der Waals surface area contributed by atoms with Crippen LogP contribution < -0.4 is 9.47 Å². The van der Waals surface area contributed by atoms with Crippen LogP contribution in [0.3, 0.4) is 0 Å². The molecule has 3 aromatic rings. The molecule has 5 nitrogen and oxygen atoms in total. The largest absolute Gasteiger partial charge is 0.508 e. The van der Waals surface area contributed by atoms with Crippen LogP contribution >= 0.6 is 0 Å². The number of ether oxygens (including phenoxy) is 3. The number of rotatable bonds is 9. The fourth-order valence-electron chi connectivity index (χ4n) is 2.86. The first-order valence-electron chi connectivity index (χ1n) is 11.1. The van der Waals surface area contributed by atoms with Gasteiger partial charge in [-0.05, 0) is 84.6 Å². The molecular formula is C31H24O5. The second kappa shape index (κ2) is 13.6. The maximum Gasteiger partial charge on any atom is 0.330 e. The summed E-state index contributed by atoms with van der Waals surface area (Å²) in [5, 5.41) is 9.29. The van der Waals surface area contributed by atoms with Crippen molar-refractivity contribution in [1.82, 2.24) is 0 Å². The minimum Gasteiger partial charge on any atom is -0.508 e. The molecule has 0 aromatic heterocycles. The highest BCUT2D eigenvalue weighted by Crippen LogP contribution is 2.23. The van der Waals surface area contributed by atoms with Gasteiger partial charge in [-0.25, -0.2) is 4.79 Å². The van der Waals surface area contributed by atoms with Crippen molar-refractivity contribution in [3.8, 4) is 40.9 Å². The topological polar surface area (TPSA) is 65.0 Å². The molecule has 0 spiro atoms. The van der Waals surface area contributed by atoms with E-state index in [-0.39, 0.29) is 12.4 Å². The molecule has 0 fully saturated rings. The van der Waals surface area contributed by atoms with Crippen LogP contribution in [-0.4, -0.2) is 24.3 Å². The van der Waals surface area contributed by atoms with Crippen molar-refractivity contribution in [2.75, 3.05) is 13.2 Å². The average Bonchev–Trinajstić information content (AvgIpc) is 2.91. The number of esters is 1. The molecule has 0 aliphatic rings. The van der Waals surface area contributed by atoms with E-state index in [9.17, 15) is 9.90 Å².